The number of nitrogens with one attached hydrogen (secondary N) is 1. The minimum absolute atomic E-state index is 0.471. The molecule has 0 aromatic rings. The molecule has 0 saturated carbocycles. The fourth-order valence-corrected chi connectivity index (χ4v) is 1.58. The summed E-state index contributed by atoms with van der Waals surface area (Å²) in [6.45, 7) is 5.87. The molecule has 0 aliphatic heterocycles. The van der Waals surface area contributed by atoms with Gasteiger partial charge >= 0.3 is 0 Å². The molecule has 1 atom stereocenters. The predicted octanol–water partition coefficient (Wildman–Crippen LogP) is 1.65. The van der Waals surface area contributed by atoms with Crippen molar-refractivity contribution in [1.82, 2.24) is 5.32 Å². The third-order valence-electron chi connectivity index (χ3n) is 1.92. The molecule has 0 bridgehead atoms. The number of hydrogen-bond donors (Lipinski definition) is 2. The molecule has 0 radical (unpaired) electrons. The van der Waals surface area contributed by atoms with Gasteiger partial charge in [0.25, 0.3) is 0 Å². The van der Waals surface area contributed by atoms with Crippen molar-refractivity contribution in [2.45, 2.75) is 32.7 Å². The highest BCUT2D eigenvalue weighted by atomic mass is 32.1. The standard InChI is InChI=1S/C10H20N2OS/c1-9(2)6-10(7-14)12-5-3-4-11-8-13/h9-10,12,14H,3-7H2,1-2H3/t10-/m0/s1. The van der Waals surface area contributed by atoms with E-state index in [4.69, 9.17) is 0 Å². The SMILES string of the molecule is CC(C)C[C@@H](CS)NCCCN=C=O. The van der Waals surface area contributed by atoms with Gasteiger partial charge in [-0.25, -0.2) is 9.79 Å². The van der Waals surface area contributed by atoms with Crippen molar-refractivity contribution in [1.29, 1.82) is 0 Å². The molecular formula is C10H20N2OS. The summed E-state index contributed by atoms with van der Waals surface area (Å²) in [5.41, 5.74) is 0. The summed E-state index contributed by atoms with van der Waals surface area (Å²) in [5, 5.41) is 3.39. The molecule has 0 amide bonds. The third-order valence-corrected chi connectivity index (χ3v) is 2.36. The van der Waals surface area contributed by atoms with E-state index in [9.17, 15) is 4.79 Å². The Hall–Kier alpha value is -0.310. The van der Waals surface area contributed by atoms with Crippen LogP contribution >= 0.6 is 12.6 Å². The Morgan fingerprint density at radius 3 is 2.71 bits per heavy atom. The van der Waals surface area contributed by atoms with Crippen LogP contribution in [0.25, 0.3) is 0 Å². The summed E-state index contributed by atoms with van der Waals surface area (Å²) in [7, 11) is 0. The summed E-state index contributed by atoms with van der Waals surface area (Å²) >= 11 is 4.29. The van der Waals surface area contributed by atoms with Gasteiger partial charge in [0.2, 0.25) is 6.08 Å². The van der Waals surface area contributed by atoms with Gasteiger partial charge in [0, 0.05) is 11.8 Å². The molecule has 0 aliphatic rings. The second kappa shape index (κ2) is 9.25. The second-order valence-electron chi connectivity index (χ2n) is 3.79. The van der Waals surface area contributed by atoms with E-state index in [1.807, 2.05) is 0 Å². The van der Waals surface area contributed by atoms with Crippen molar-refractivity contribution >= 4 is 18.7 Å². The van der Waals surface area contributed by atoms with E-state index in [2.05, 4.69) is 36.8 Å². The molecular weight excluding hydrogens is 196 g/mol. The zero-order valence-corrected chi connectivity index (χ0v) is 9.89. The molecule has 0 fully saturated rings. The number of rotatable bonds is 8. The summed E-state index contributed by atoms with van der Waals surface area (Å²) in [6.07, 6.45) is 3.56. The van der Waals surface area contributed by atoms with Crippen molar-refractivity contribution in [3.63, 3.8) is 0 Å². The minimum Gasteiger partial charge on any atom is -0.313 e. The quantitative estimate of drug-likeness (QED) is 0.280. The van der Waals surface area contributed by atoms with Crippen LogP contribution in [0.3, 0.4) is 0 Å². The first-order chi connectivity index (χ1) is 6.70. The van der Waals surface area contributed by atoms with Crippen LogP contribution in [0.5, 0.6) is 0 Å². The molecule has 82 valence electrons. The maximum atomic E-state index is 9.78. The van der Waals surface area contributed by atoms with Crippen LogP contribution in [0.1, 0.15) is 26.7 Å². The fraction of sp³-hybridized carbons (Fsp3) is 0.900. The second-order valence-corrected chi connectivity index (χ2v) is 4.15. The van der Waals surface area contributed by atoms with Crippen LogP contribution in [0.15, 0.2) is 4.99 Å². The van der Waals surface area contributed by atoms with Crippen molar-refractivity contribution in [2.24, 2.45) is 10.9 Å². The first kappa shape index (κ1) is 13.7. The van der Waals surface area contributed by atoms with Gasteiger partial charge in [-0.05, 0) is 25.3 Å². The van der Waals surface area contributed by atoms with Gasteiger partial charge in [0.15, 0.2) is 0 Å². The van der Waals surface area contributed by atoms with E-state index in [1.54, 1.807) is 0 Å². The lowest BCUT2D eigenvalue weighted by Crippen LogP contribution is -2.33. The zero-order valence-electron chi connectivity index (χ0n) is 8.99. The van der Waals surface area contributed by atoms with Gasteiger partial charge in [0.05, 0.1) is 6.54 Å². The highest BCUT2D eigenvalue weighted by molar-refractivity contribution is 7.80. The molecule has 0 heterocycles. The number of hydrogen-bond acceptors (Lipinski definition) is 4. The maximum absolute atomic E-state index is 9.78. The van der Waals surface area contributed by atoms with Gasteiger partial charge in [0.1, 0.15) is 0 Å². The van der Waals surface area contributed by atoms with Crippen LogP contribution < -0.4 is 5.32 Å². The van der Waals surface area contributed by atoms with E-state index in [0.29, 0.717) is 18.5 Å². The van der Waals surface area contributed by atoms with Crippen LogP contribution in [0.4, 0.5) is 0 Å². The van der Waals surface area contributed by atoms with Crippen LogP contribution in [0, 0.1) is 5.92 Å². The summed E-state index contributed by atoms with van der Waals surface area (Å²) in [4.78, 5) is 13.3. The smallest absolute Gasteiger partial charge is 0.234 e. The number of nitrogens with zero attached hydrogens (tertiary/aromatic N) is 1. The average Bonchev–Trinajstić information content (AvgIpc) is 2.15. The van der Waals surface area contributed by atoms with Crippen LogP contribution in [-0.4, -0.2) is 31.0 Å². The topological polar surface area (TPSA) is 41.5 Å². The lowest BCUT2D eigenvalue weighted by molar-refractivity contribution is 0.446. The largest absolute Gasteiger partial charge is 0.313 e. The van der Waals surface area contributed by atoms with Gasteiger partial charge in [-0.2, -0.15) is 12.6 Å². The molecule has 0 unspecified atom stereocenters. The van der Waals surface area contributed by atoms with Crippen molar-refractivity contribution < 1.29 is 4.79 Å². The number of aliphatic imine (C=N–C) groups is 1. The third kappa shape index (κ3) is 8.30. The predicted molar refractivity (Wildman–Crippen MR) is 62.7 cm³/mol. The first-order valence-corrected chi connectivity index (χ1v) is 5.71. The molecule has 14 heavy (non-hydrogen) atoms. The molecule has 0 spiro atoms. The van der Waals surface area contributed by atoms with Gasteiger partial charge < -0.3 is 5.32 Å². The summed E-state index contributed by atoms with van der Waals surface area (Å²) in [6, 6.07) is 0.471. The summed E-state index contributed by atoms with van der Waals surface area (Å²) in [5.74, 6) is 1.54. The molecule has 0 saturated heterocycles. The van der Waals surface area contributed by atoms with Crippen LogP contribution in [-0.2, 0) is 4.79 Å². The number of carbonyl (C=O) groups excluding carboxylic acids is 1. The molecule has 0 rings (SSSR count). The molecule has 0 aromatic carbocycles. The Labute approximate surface area is 91.8 Å². The maximum Gasteiger partial charge on any atom is 0.234 e. The van der Waals surface area contributed by atoms with E-state index >= 15 is 0 Å². The van der Waals surface area contributed by atoms with Gasteiger partial charge in [-0.15, -0.1) is 0 Å². The Balaban J connectivity index is 3.47. The highest BCUT2D eigenvalue weighted by Crippen LogP contribution is 2.05. The zero-order chi connectivity index (χ0) is 10.8. The molecule has 3 nitrogen and oxygen atoms in total. The Kier molecular flexibility index (Phi) is 9.05. The van der Waals surface area contributed by atoms with E-state index in [1.165, 1.54) is 6.08 Å². The molecule has 0 aromatic heterocycles. The monoisotopic (exact) mass is 216 g/mol. The van der Waals surface area contributed by atoms with E-state index in [-0.39, 0.29) is 0 Å². The van der Waals surface area contributed by atoms with Crippen molar-refractivity contribution in [3.8, 4) is 0 Å². The normalized spacial score (nSPS) is 12.6. The minimum atomic E-state index is 0.471. The van der Waals surface area contributed by atoms with Crippen molar-refractivity contribution in [3.05, 3.63) is 0 Å². The fourth-order valence-electron chi connectivity index (χ4n) is 1.30. The van der Waals surface area contributed by atoms with Crippen molar-refractivity contribution in [2.75, 3.05) is 18.8 Å². The number of thiol groups is 1. The number of isocyanates is 1. The van der Waals surface area contributed by atoms with Crippen LogP contribution in [0.2, 0.25) is 0 Å². The summed E-state index contributed by atoms with van der Waals surface area (Å²) < 4.78 is 0. The molecule has 1 N–H and O–H groups in total. The van der Waals surface area contributed by atoms with Gasteiger partial charge in [-0.1, -0.05) is 13.8 Å². The Morgan fingerprint density at radius 1 is 1.50 bits per heavy atom. The van der Waals surface area contributed by atoms with E-state index < -0.39 is 0 Å². The highest BCUT2D eigenvalue weighted by Gasteiger charge is 2.07. The van der Waals surface area contributed by atoms with Gasteiger partial charge in [-0.3, -0.25) is 0 Å². The lowest BCUT2D eigenvalue weighted by atomic mass is 10.1. The average molecular weight is 216 g/mol. The Morgan fingerprint density at radius 2 is 2.21 bits per heavy atom. The molecule has 4 heteroatoms. The van der Waals surface area contributed by atoms with E-state index in [0.717, 1.165) is 25.1 Å². The molecule has 0 aliphatic carbocycles. The first-order valence-electron chi connectivity index (χ1n) is 5.08. The lowest BCUT2D eigenvalue weighted by Gasteiger charge is -2.18. The Bertz CT molecular complexity index is 179.